The van der Waals surface area contributed by atoms with Crippen molar-refractivity contribution in [3.8, 4) is 0 Å². The summed E-state index contributed by atoms with van der Waals surface area (Å²) >= 11 is 0. The van der Waals surface area contributed by atoms with E-state index in [1.54, 1.807) is 0 Å². The summed E-state index contributed by atoms with van der Waals surface area (Å²) in [6, 6.07) is 0. The van der Waals surface area contributed by atoms with Crippen molar-refractivity contribution in [3.63, 3.8) is 0 Å². The average Bonchev–Trinajstić information content (AvgIpc) is 2.83. The molecule has 0 aromatic heterocycles. The SMILES string of the molecule is COP12(CC(C)(C)C(C)(C)C1)C(C(C)=O)=C(C(C)=O)C(C(C)=O)=C2C(C)=O. The predicted octanol–water partition coefficient (Wildman–Crippen LogP) is 4.04. The van der Waals surface area contributed by atoms with E-state index in [0.717, 1.165) is 0 Å². The van der Waals surface area contributed by atoms with Gasteiger partial charge in [0.05, 0.1) is 0 Å². The zero-order valence-corrected chi connectivity index (χ0v) is 18.8. The monoisotopic (exact) mass is 394 g/mol. The van der Waals surface area contributed by atoms with Gasteiger partial charge in [-0.1, -0.05) is 0 Å². The van der Waals surface area contributed by atoms with Crippen LogP contribution in [0.4, 0.5) is 0 Å². The Kier molecular flexibility index (Phi) is 4.87. The van der Waals surface area contributed by atoms with E-state index in [4.69, 9.17) is 4.52 Å². The first kappa shape index (κ1) is 21.8. The van der Waals surface area contributed by atoms with Gasteiger partial charge in [0.25, 0.3) is 0 Å². The Labute approximate surface area is 161 Å². The molecular weight excluding hydrogens is 363 g/mol. The molecule has 1 fully saturated rings. The van der Waals surface area contributed by atoms with Gasteiger partial charge in [0.15, 0.2) is 0 Å². The van der Waals surface area contributed by atoms with Crippen LogP contribution in [-0.4, -0.2) is 42.6 Å². The minimum atomic E-state index is -3.80. The van der Waals surface area contributed by atoms with Crippen LogP contribution in [0.2, 0.25) is 0 Å². The number of carbonyl (C=O) groups excluding carboxylic acids is 4. The van der Waals surface area contributed by atoms with Crippen molar-refractivity contribution in [2.75, 3.05) is 19.4 Å². The maximum atomic E-state index is 12.9. The fraction of sp³-hybridized carbons (Fsp3) is 0.619. The fourth-order valence-corrected chi connectivity index (χ4v) is 14.3. The van der Waals surface area contributed by atoms with Crippen molar-refractivity contribution in [2.24, 2.45) is 10.8 Å². The third kappa shape index (κ3) is 2.58. The molecule has 27 heavy (non-hydrogen) atoms. The van der Waals surface area contributed by atoms with Gasteiger partial charge in [0, 0.05) is 0 Å². The molecule has 0 unspecified atom stereocenters. The summed E-state index contributed by atoms with van der Waals surface area (Å²) < 4.78 is 6.30. The molecule has 0 atom stereocenters. The molecule has 0 saturated carbocycles. The molecule has 5 nitrogen and oxygen atoms in total. The standard InChI is InChI=1S/C21H31O5P/c1-12(22)16-17(13(2)23)19(15(4)25)27(26-9,18(16)14(3)24)10-20(5,6)21(7,8)11-27/h10-11H2,1-9H3. The second-order valence-corrected chi connectivity index (χ2v) is 14.1. The Balaban J connectivity index is 3.20. The molecular formula is C21H31O5P. The van der Waals surface area contributed by atoms with Crippen LogP contribution in [0, 0.1) is 10.8 Å². The van der Waals surface area contributed by atoms with Crippen LogP contribution in [0.15, 0.2) is 21.8 Å². The van der Waals surface area contributed by atoms with E-state index in [1.807, 2.05) is 0 Å². The maximum absolute atomic E-state index is 12.9. The average molecular weight is 394 g/mol. The normalized spacial score (nSPS) is 26.0. The van der Waals surface area contributed by atoms with Crippen LogP contribution in [-0.2, 0) is 23.7 Å². The first-order valence-electron chi connectivity index (χ1n) is 9.19. The molecule has 1 saturated heterocycles. The fourth-order valence-electron chi connectivity index (χ4n) is 5.42. The van der Waals surface area contributed by atoms with E-state index < -0.39 is 6.83 Å². The molecule has 0 bridgehead atoms. The van der Waals surface area contributed by atoms with Crippen LogP contribution in [0.5, 0.6) is 0 Å². The summed E-state index contributed by atoms with van der Waals surface area (Å²) in [7, 11) is 1.53. The van der Waals surface area contributed by atoms with Gasteiger partial charge in [-0.05, 0) is 0 Å². The van der Waals surface area contributed by atoms with E-state index in [9.17, 15) is 19.2 Å². The van der Waals surface area contributed by atoms with E-state index in [-0.39, 0.29) is 45.1 Å². The molecule has 2 aliphatic heterocycles. The first-order chi connectivity index (χ1) is 12.1. The molecule has 2 heterocycles. The van der Waals surface area contributed by atoms with E-state index in [0.29, 0.717) is 23.0 Å². The van der Waals surface area contributed by atoms with Crippen molar-refractivity contribution in [1.29, 1.82) is 0 Å². The Morgan fingerprint density at radius 1 is 0.704 bits per heavy atom. The van der Waals surface area contributed by atoms with Crippen LogP contribution in [0.1, 0.15) is 55.4 Å². The number of allylic oxidation sites excluding steroid dienone is 4. The number of carbonyl (C=O) groups is 4. The van der Waals surface area contributed by atoms with Gasteiger partial charge < -0.3 is 0 Å². The van der Waals surface area contributed by atoms with Crippen molar-refractivity contribution < 1.29 is 23.7 Å². The van der Waals surface area contributed by atoms with E-state index in [2.05, 4.69) is 27.7 Å². The topological polar surface area (TPSA) is 77.5 Å². The van der Waals surface area contributed by atoms with E-state index in [1.165, 1.54) is 34.8 Å². The second kappa shape index (κ2) is 6.02. The summed E-state index contributed by atoms with van der Waals surface area (Å²) in [5, 5.41) is 0.593. The summed E-state index contributed by atoms with van der Waals surface area (Å²) in [4.78, 5) is 51.1. The number of hydrogen-bond donors (Lipinski definition) is 0. The number of rotatable bonds is 5. The molecule has 150 valence electrons. The van der Waals surface area contributed by atoms with Crippen LogP contribution in [0.25, 0.3) is 0 Å². The van der Waals surface area contributed by atoms with Crippen LogP contribution < -0.4 is 0 Å². The Morgan fingerprint density at radius 3 is 1.19 bits per heavy atom. The third-order valence-corrected chi connectivity index (χ3v) is 13.8. The molecule has 2 rings (SSSR count). The van der Waals surface area contributed by atoms with Crippen LogP contribution >= 0.6 is 6.83 Å². The van der Waals surface area contributed by atoms with Crippen molar-refractivity contribution in [3.05, 3.63) is 21.8 Å². The van der Waals surface area contributed by atoms with Gasteiger partial charge in [-0.25, -0.2) is 0 Å². The molecule has 0 N–H and O–H groups in total. The van der Waals surface area contributed by atoms with Crippen LogP contribution in [0.3, 0.4) is 0 Å². The Morgan fingerprint density at radius 2 is 1.00 bits per heavy atom. The number of Topliss-reactive ketones (excluding diaryl/α,β-unsaturated/α-hetero) is 4. The Bertz CT molecular complexity index is 786. The quantitative estimate of drug-likeness (QED) is 0.658. The van der Waals surface area contributed by atoms with Crippen molar-refractivity contribution in [1.82, 2.24) is 0 Å². The molecule has 6 heteroatoms. The first-order valence-corrected chi connectivity index (χ1v) is 11.7. The molecule has 2 aliphatic rings. The zero-order chi connectivity index (χ0) is 21.2. The summed E-state index contributed by atoms with van der Waals surface area (Å²) in [5.74, 6) is -1.32. The minimum absolute atomic E-state index is 0.105. The predicted molar refractivity (Wildman–Crippen MR) is 108 cm³/mol. The Hall–Kier alpha value is -1.45. The molecule has 1 spiro atoms. The van der Waals surface area contributed by atoms with Gasteiger partial charge in [0.1, 0.15) is 0 Å². The molecule has 0 radical (unpaired) electrons. The van der Waals surface area contributed by atoms with Crippen molar-refractivity contribution in [2.45, 2.75) is 55.4 Å². The van der Waals surface area contributed by atoms with Crippen molar-refractivity contribution >= 4 is 30.0 Å². The van der Waals surface area contributed by atoms with Gasteiger partial charge in [-0.3, -0.25) is 0 Å². The van der Waals surface area contributed by atoms with E-state index >= 15 is 0 Å². The van der Waals surface area contributed by atoms with Gasteiger partial charge in [-0.15, -0.1) is 0 Å². The third-order valence-electron chi connectivity index (χ3n) is 6.87. The second-order valence-electron chi connectivity index (χ2n) is 9.35. The molecule has 0 aromatic rings. The number of ketones is 4. The van der Waals surface area contributed by atoms with Gasteiger partial charge >= 0.3 is 161 Å². The van der Waals surface area contributed by atoms with Gasteiger partial charge in [0.2, 0.25) is 0 Å². The zero-order valence-electron chi connectivity index (χ0n) is 17.9. The molecule has 0 aliphatic carbocycles. The summed E-state index contributed by atoms with van der Waals surface area (Å²) in [5.41, 5.74) is -0.298. The number of hydrogen-bond acceptors (Lipinski definition) is 5. The summed E-state index contributed by atoms with van der Waals surface area (Å²) in [6.45, 7) is 10.1. The summed E-state index contributed by atoms with van der Waals surface area (Å²) in [6.07, 6.45) is 0.943. The molecule has 0 amide bonds. The molecule has 0 aromatic carbocycles. The van der Waals surface area contributed by atoms with Gasteiger partial charge in [-0.2, -0.15) is 0 Å².